The van der Waals surface area contributed by atoms with Crippen molar-refractivity contribution in [3.05, 3.63) is 41.0 Å². The van der Waals surface area contributed by atoms with E-state index in [1.165, 1.54) is 0 Å². The molecule has 2 aromatic heterocycles. The van der Waals surface area contributed by atoms with E-state index in [4.69, 9.17) is 4.98 Å². The van der Waals surface area contributed by atoms with E-state index in [1.807, 2.05) is 43.9 Å². The standard InChI is InChI=1S/C24H33N5O2/c1-16-12-17(2)27-23(26-16)28-19-13-18(3)25-20(14-19)21-8-7-11-29(21)22(30)15-24(31)9-5-4-6-10-24/h12-14,21,31H,4-11,15H2,1-3H3,(H,25,26,27,28)/t21-/m0/s1. The quantitative estimate of drug-likeness (QED) is 0.745. The molecule has 1 amide bonds. The molecule has 0 bridgehead atoms. The molecule has 0 unspecified atom stereocenters. The zero-order valence-electron chi connectivity index (χ0n) is 18.8. The zero-order chi connectivity index (χ0) is 22.0. The van der Waals surface area contributed by atoms with Gasteiger partial charge in [-0.1, -0.05) is 19.3 Å². The number of aryl methyl sites for hydroxylation is 3. The number of aromatic nitrogens is 3. The minimum atomic E-state index is -0.838. The fourth-order valence-corrected chi connectivity index (χ4v) is 4.99. The number of carbonyl (C=O) groups is 1. The van der Waals surface area contributed by atoms with Gasteiger partial charge in [0, 0.05) is 29.3 Å². The summed E-state index contributed by atoms with van der Waals surface area (Å²) >= 11 is 0. The molecule has 0 spiro atoms. The van der Waals surface area contributed by atoms with E-state index in [0.717, 1.165) is 80.0 Å². The Balaban J connectivity index is 1.53. The molecule has 2 fully saturated rings. The van der Waals surface area contributed by atoms with Gasteiger partial charge in [-0.15, -0.1) is 0 Å². The number of likely N-dealkylation sites (tertiary alicyclic amines) is 1. The predicted molar refractivity (Wildman–Crippen MR) is 120 cm³/mol. The lowest BCUT2D eigenvalue weighted by Gasteiger charge is -2.34. The van der Waals surface area contributed by atoms with Gasteiger partial charge in [0.25, 0.3) is 0 Å². The Morgan fingerprint density at radius 1 is 1.03 bits per heavy atom. The van der Waals surface area contributed by atoms with Crippen LogP contribution in [0.3, 0.4) is 0 Å². The van der Waals surface area contributed by atoms with Gasteiger partial charge in [-0.3, -0.25) is 9.78 Å². The highest BCUT2D eigenvalue weighted by atomic mass is 16.3. The van der Waals surface area contributed by atoms with Crippen LogP contribution in [-0.2, 0) is 4.79 Å². The Hall–Kier alpha value is -2.54. The average Bonchev–Trinajstić information content (AvgIpc) is 3.17. The fraction of sp³-hybridized carbons (Fsp3) is 0.583. The monoisotopic (exact) mass is 423 g/mol. The SMILES string of the molecule is Cc1cc(Nc2nc(C)cc(C)n2)cc([C@@H]2CCCN2C(=O)CC2(O)CCCCC2)n1. The molecule has 1 atom stereocenters. The largest absolute Gasteiger partial charge is 0.389 e. The topological polar surface area (TPSA) is 91.2 Å². The lowest BCUT2D eigenvalue weighted by molar-refractivity contribution is -0.138. The Bertz CT molecular complexity index is 935. The number of hydrogen-bond donors (Lipinski definition) is 2. The van der Waals surface area contributed by atoms with Crippen LogP contribution in [0.1, 0.15) is 80.2 Å². The fourth-order valence-electron chi connectivity index (χ4n) is 4.99. The van der Waals surface area contributed by atoms with E-state index >= 15 is 0 Å². The number of nitrogens with one attached hydrogen (secondary N) is 1. The first-order valence-corrected chi connectivity index (χ1v) is 11.4. The van der Waals surface area contributed by atoms with E-state index in [0.29, 0.717) is 5.95 Å². The van der Waals surface area contributed by atoms with Crippen LogP contribution >= 0.6 is 0 Å². The smallest absolute Gasteiger partial charge is 0.227 e. The zero-order valence-corrected chi connectivity index (χ0v) is 18.8. The summed E-state index contributed by atoms with van der Waals surface area (Å²) < 4.78 is 0. The number of pyridine rings is 1. The van der Waals surface area contributed by atoms with Crippen LogP contribution in [0.2, 0.25) is 0 Å². The molecule has 1 aliphatic carbocycles. The van der Waals surface area contributed by atoms with Crippen molar-refractivity contribution in [2.75, 3.05) is 11.9 Å². The normalized spacial score (nSPS) is 20.6. The summed E-state index contributed by atoms with van der Waals surface area (Å²) in [6.07, 6.45) is 6.67. The van der Waals surface area contributed by atoms with Gasteiger partial charge in [-0.25, -0.2) is 9.97 Å². The minimum absolute atomic E-state index is 0.0438. The Morgan fingerprint density at radius 3 is 2.42 bits per heavy atom. The lowest BCUT2D eigenvalue weighted by Crippen LogP contribution is -2.40. The maximum Gasteiger partial charge on any atom is 0.227 e. The lowest BCUT2D eigenvalue weighted by atomic mass is 9.82. The minimum Gasteiger partial charge on any atom is -0.389 e. The van der Waals surface area contributed by atoms with Crippen LogP contribution in [0.15, 0.2) is 18.2 Å². The second-order valence-corrected chi connectivity index (χ2v) is 9.23. The number of anilines is 2. The molecule has 2 aliphatic rings. The van der Waals surface area contributed by atoms with E-state index in [-0.39, 0.29) is 18.4 Å². The first-order valence-electron chi connectivity index (χ1n) is 11.4. The number of amides is 1. The summed E-state index contributed by atoms with van der Waals surface area (Å²) in [5.74, 6) is 0.607. The molecule has 0 radical (unpaired) electrons. The maximum atomic E-state index is 13.1. The molecule has 3 heterocycles. The summed E-state index contributed by atoms with van der Waals surface area (Å²) in [6, 6.07) is 5.85. The number of rotatable bonds is 5. The summed E-state index contributed by atoms with van der Waals surface area (Å²) in [5.41, 5.74) is 3.62. The number of carbonyl (C=O) groups excluding carboxylic acids is 1. The van der Waals surface area contributed by atoms with Crippen molar-refractivity contribution in [1.29, 1.82) is 0 Å². The highest BCUT2D eigenvalue weighted by Gasteiger charge is 2.37. The van der Waals surface area contributed by atoms with Crippen LogP contribution in [0.25, 0.3) is 0 Å². The van der Waals surface area contributed by atoms with Gasteiger partial charge in [0.1, 0.15) is 0 Å². The van der Waals surface area contributed by atoms with Gasteiger partial charge < -0.3 is 15.3 Å². The van der Waals surface area contributed by atoms with Crippen LogP contribution in [0.5, 0.6) is 0 Å². The van der Waals surface area contributed by atoms with Crippen molar-refractivity contribution >= 4 is 17.5 Å². The van der Waals surface area contributed by atoms with E-state index in [9.17, 15) is 9.90 Å². The number of aliphatic hydroxyl groups is 1. The summed E-state index contributed by atoms with van der Waals surface area (Å²) in [5, 5.41) is 14.2. The van der Waals surface area contributed by atoms with E-state index in [1.54, 1.807) is 0 Å². The molecule has 1 saturated carbocycles. The third kappa shape index (κ3) is 5.21. The van der Waals surface area contributed by atoms with Gasteiger partial charge in [-0.05, 0) is 64.7 Å². The maximum absolute atomic E-state index is 13.1. The van der Waals surface area contributed by atoms with Crippen molar-refractivity contribution in [2.24, 2.45) is 0 Å². The molecule has 0 aromatic carbocycles. The van der Waals surface area contributed by atoms with Crippen molar-refractivity contribution in [1.82, 2.24) is 19.9 Å². The molecule has 4 rings (SSSR count). The Morgan fingerprint density at radius 2 is 1.71 bits per heavy atom. The van der Waals surface area contributed by atoms with Gasteiger partial charge in [0.15, 0.2) is 0 Å². The first kappa shape index (κ1) is 21.7. The highest BCUT2D eigenvalue weighted by molar-refractivity contribution is 5.78. The molecular weight excluding hydrogens is 390 g/mol. The average molecular weight is 424 g/mol. The van der Waals surface area contributed by atoms with Crippen LogP contribution < -0.4 is 5.32 Å². The number of hydrogen-bond acceptors (Lipinski definition) is 6. The predicted octanol–water partition coefficient (Wildman–Crippen LogP) is 4.29. The molecular formula is C24H33N5O2. The van der Waals surface area contributed by atoms with Crippen molar-refractivity contribution in [2.45, 2.75) is 83.8 Å². The van der Waals surface area contributed by atoms with Crippen molar-refractivity contribution in [3.8, 4) is 0 Å². The van der Waals surface area contributed by atoms with Crippen LogP contribution in [0.4, 0.5) is 11.6 Å². The summed E-state index contributed by atoms with van der Waals surface area (Å²) in [7, 11) is 0. The first-order chi connectivity index (χ1) is 14.8. The molecule has 7 nitrogen and oxygen atoms in total. The number of nitrogens with zero attached hydrogens (tertiary/aromatic N) is 4. The second-order valence-electron chi connectivity index (χ2n) is 9.23. The van der Waals surface area contributed by atoms with E-state index < -0.39 is 5.60 Å². The Labute approximate surface area is 184 Å². The Kier molecular flexibility index (Phi) is 6.23. The van der Waals surface area contributed by atoms with E-state index in [2.05, 4.69) is 15.3 Å². The van der Waals surface area contributed by atoms with Crippen LogP contribution in [-0.4, -0.2) is 43.0 Å². The molecule has 7 heteroatoms. The molecule has 1 saturated heterocycles. The molecule has 31 heavy (non-hydrogen) atoms. The third-order valence-electron chi connectivity index (χ3n) is 6.39. The van der Waals surface area contributed by atoms with Gasteiger partial charge in [0.05, 0.1) is 23.8 Å². The highest BCUT2D eigenvalue weighted by Crippen LogP contribution is 2.36. The summed E-state index contributed by atoms with van der Waals surface area (Å²) in [6.45, 7) is 6.58. The molecule has 166 valence electrons. The van der Waals surface area contributed by atoms with Crippen molar-refractivity contribution < 1.29 is 9.90 Å². The van der Waals surface area contributed by atoms with Crippen molar-refractivity contribution in [3.63, 3.8) is 0 Å². The molecule has 1 aliphatic heterocycles. The third-order valence-corrected chi connectivity index (χ3v) is 6.39. The second kappa shape index (κ2) is 8.91. The van der Waals surface area contributed by atoms with Gasteiger partial charge in [0.2, 0.25) is 11.9 Å². The molecule has 2 aromatic rings. The van der Waals surface area contributed by atoms with Gasteiger partial charge >= 0.3 is 0 Å². The summed E-state index contributed by atoms with van der Waals surface area (Å²) in [4.78, 5) is 28.7. The van der Waals surface area contributed by atoms with Gasteiger partial charge in [-0.2, -0.15) is 0 Å². The molecule has 2 N–H and O–H groups in total. The van der Waals surface area contributed by atoms with Crippen LogP contribution in [0, 0.1) is 20.8 Å².